The van der Waals surface area contributed by atoms with Crippen LogP contribution in [0.5, 0.6) is 0 Å². The topological polar surface area (TPSA) is 74.0 Å². The van der Waals surface area contributed by atoms with Crippen molar-refractivity contribution in [2.24, 2.45) is 0 Å². The van der Waals surface area contributed by atoms with E-state index in [4.69, 9.17) is 22.0 Å². The van der Waals surface area contributed by atoms with E-state index >= 15 is 0 Å². The first-order valence-electron chi connectivity index (χ1n) is 4.04. The minimum absolute atomic E-state index is 0.114. The van der Waals surface area contributed by atoms with Crippen LogP contribution in [0.1, 0.15) is 23.2 Å². The molecular formula is C9H5ClF2N2O2. The van der Waals surface area contributed by atoms with Gasteiger partial charge in [-0.05, 0) is 0 Å². The molecule has 0 aliphatic carbocycles. The number of aromatic nitrogens is 1. The van der Waals surface area contributed by atoms with Crippen molar-refractivity contribution in [3.05, 3.63) is 28.0 Å². The maximum atomic E-state index is 12.4. The molecule has 0 aromatic carbocycles. The molecule has 4 nitrogen and oxygen atoms in total. The van der Waals surface area contributed by atoms with Gasteiger partial charge in [0.15, 0.2) is 0 Å². The van der Waals surface area contributed by atoms with Gasteiger partial charge in [0.1, 0.15) is 11.8 Å². The summed E-state index contributed by atoms with van der Waals surface area (Å²) in [6, 6.07) is 1.65. The van der Waals surface area contributed by atoms with Crippen molar-refractivity contribution in [1.82, 2.24) is 4.98 Å². The standard InChI is InChI=1S/C9H5ClF2N2O2/c10-7-5(1-6(15)16)4(2-13)3-14-8(7)9(11)12/h3,9H,1H2,(H,15,16). The van der Waals surface area contributed by atoms with E-state index in [1.54, 1.807) is 6.07 Å². The molecule has 0 aliphatic heterocycles. The Morgan fingerprint density at radius 1 is 1.69 bits per heavy atom. The lowest BCUT2D eigenvalue weighted by atomic mass is 10.1. The monoisotopic (exact) mass is 246 g/mol. The maximum absolute atomic E-state index is 12.4. The summed E-state index contributed by atoms with van der Waals surface area (Å²) < 4.78 is 24.8. The van der Waals surface area contributed by atoms with E-state index in [2.05, 4.69) is 4.98 Å². The number of carboxylic acid groups (broad SMARTS) is 1. The van der Waals surface area contributed by atoms with Gasteiger partial charge in [-0.25, -0.2) is 8.78 Å². The number of nitrogens with zero attached hydrogens (tertiary/aromatic N) is 2. The summed E-state index contributed by atoms with van der Waals surface area (Å²) in [4.78, 5) is 13.8. The van der Waals surface area contributed by atoms with Gasteiger partial charge in [-0.1, -0.05) is 11.6 Å². The molecule has 1 aromatic heterocycles. The van der Waals surface area contributed by atoms with Crippen LogP contribution in [-0.4, -0.2) is 16.1 Å². The van der Waals surface area contributed by atoms with Crippen molar-refractivity contribution in [1.29, 1.82) is 5.26 Å². The van der Waals surface area contributed by atoms with Crippen LogP contribution in [0, 0.1) is 11.3 Å². The lowest BCUT2D eigenvalue weighted by molar-refractivity contribution is -0.136. The Morgan fingerprint density at radius 3 is 2.75 bits per heavy atom. The zero-order valence-corrected chi connectivity index (χ0v) is 8.50. The highest BCUT2D eigenvalue weighted by molar-refractivity contribution is 6.32. The van der Waals surface area contributed by atoms with Gasteiger partial charge in [0.05, 0.1) is 17.0 Å². The number of hydrogen-bond donors (Lipinski definition) is 1. The average molecular weight is 247 g/mol. The Labute approximate surface area is 94.1 Å². The molecule has 1 rings (SSSR count). The second-order valence-electron chi connectivity index (χ2n) is 2.83. The number of hydrogen-bond acceptors (Lipinski definition) is 3. The fourth-order valence-corrected chi connectivity index (χ4v) is 1.41. The Hall–Kier alpha value is -1.74. The molecule has 1 heterocycles. The van der Waals surface area contributed by atoms with Crippen molar-refractivity contribution >= 4 is 17.6 Å². The average Bonchev–Trinajstić information content (AvgIpc) is 2.19. The normalized spacial score (nSPS) is 10.2. The molecule has 0 bridgehead atoms. The Balaban J connectivity index is 3.35. The number of carbonyl (C=O) groups is 1. The van der Waals surface area contributed by atoms with E-state index < -0.39 is 29.5 Å². The molecule has 0 saturated heterocycles. The smallest absolute Gasteiger partial charge is 0.307 e. The zero-order valence-electron chi connectivity index (χ0n) is 7.75. The highest BCUT2D eigenvalue weighted by atomic mass is 35.5. The van der Waals surface area contributed by atoms with Crippen LogP contribution in [0.4, 0.5) is 8.78 Å². The summed E-state index contributed by atoms with van der Waals surface area (Å²) >= 11 is 5.57. The van der Waals surface area contributed by atoms with Gasteiger partial charge in [-0.2, -0.15) is 5.26 Å². The summed E-state index contributed by atoms with van der Waals surface area (Å²) in [5, 5.41) is 16.8. The summed E-state index contributed by atoms with van der Waals surface area (Å²) in [6.45, 7) is 0. The molecule has 0 aliphatic rings. The number of nitriles is 1. The molecule has 0 atom stereocenters. The summed E-state index contributed by atoms with van der Waals surface area (Å²) in [7, 11) is 0. The van der Waals surface area contributed by atoms with Crippen molar-refractivity contribution in [3.8, 4) is 6.07 Å². The first kappa shape index (κ1) is 12.3. The third-order valence-corrected chi connectivity index (χ3v) is 2.22. The van der Waals surface area contributed by atoms with Gasteiger partial charge in [-0.3, -0.25) is 9.78 Å². The van der Waals surface area contributed by atoms with Gasteiger partial charge in [-0.15, -0.1) is 0 Å². The first-order chi connectivity index (χ1) is 7.47. The SMILES string of the molecule is N#Cc1cnc(C(F)F)c(Cl)c1CC(=O)O. The molecule has 0 spiro atoms. The molecule has 84 valence electrons. The van der Waals surface area contributed by atoms with E-state index in [0.29, 0.717) is 0 Å². The molecule has 0 saturated carbocycles. The second kappa shape index (κ2) is 4.86. The van der Waals surface area contributed by atoms with E-state index in [9.17, 15) is 13.6 Å². The number of carboxylic acids is 1. The van der Waals surface area contributed by atoms with Gasteiger partial charge in [0, 0.05) is 11.8 Å². The number of halogens is 3. The highest BCUT2D eigenvalue weighted by Gasteiger charge is 2.20. The predicted octanol–water partition coefficient (Wildman–Crippen LogP) is 2.17. The fraction of sp³-hybridized carbons (Fsp3) is 0.222. The molecule has 1 aromatic rings. The van der Waals surface area contributed by atoms with Crippen LogP contribution < -0.4 is 0 Å². The highest BCUT2D eigenvalue weighted by Crippen LogP contribution is 2.29. The van der Waals surface area contributed by atoms with Gasteiger partial charge >= 0.3 is 5.97 Å². The number of rotatable bonds is 3. The van der Waals surface area contributed by atoms with E-state index in [1.165, 1.54) is 0 Å². The van der Waals surface area contributed by atoms with E-state index in [0.717, 1.165) is 6.20 Å². The summed E-state index contributed by atoms with van der Waals surface area (Å²) in [5.74, 6) is -1.26. The number of pyridine rings is 1. The predicted molar refractivity (Wildman–Crippen MR) is 50.3 cm³/mol. The fourth-order valence-electron chi connectivity index (χ4n) is 1.11. The minimum atomic E-state index is -2.91. The van der Waals surface area contributed by atoms with Crippen LogP contribution in [0.15, 0.2) is 6.20 Å². The van der Waals surface area contributed by atoms with E-state index in [-0.39, 0.29) is 11.1 Å². The van der Waals surface area contributed by atoms with Crippen molar-refractivity contribution < 1.29 is 18.7 Å². The van der Waals surface area contributed by atoms with Crippen molar-refractivity contribution in [3.63, 3.8) is 0 Å². The molecule has 16 heavy (non-hydrogen) atoms. The maximum Gasteiger partial charge on any atom is 0.307 e. The van der Waals surface area contributed by atoms with Crippen molar-refractivity contribution in [2.45, 2.75) is 12.8 Å². The molecule has 7 heteroatoms. The van der Waals surface area contributed by atoms with Gasteiger partial charge in [0.2, 0.25) is 0 Å². The Morgan fingerprint density at radius 2 is 2.31 bits per heavy atom. The van der Waals surface area contributed by atoms with E-state index in [1.807, 2.05) is 0 Å². The van der Waals surface area contributed by atoms with Crippen LogP contribution in [0.3, 0.4) is 0 Å². The molecule has 0 unspecified atom stereocenters. The second-order valence-corrected chi connectivity index (χ2v) is 3.21. The van der Waals surface area contributed by atoms with Crippen LogP contribution >= 0.6 is 11.6 Å². The third kappa shape index (κ3) is 2.44. The summed E-state index contributed by atoms with van der Waals surface area (Å²) in [6.07, 6.45) is -2.61. The third-order valence-electron chi connectivity index (χ3n) is 1.80. The lowest BCUT2D eigenvalue weighted by Crippen LogP contribution is -2.06. The zero-order chi connectivity index (χ0) is 12.3. The Kier molecular flexibility index (Phi) is 3.74. The molecule has 0 amide bonds. The quantitative estimate of drug-likeness (QED) is 0.887. The largest absolute Gasteiger partial charge is 0.481 e. The molecular weight excluding hydrogens is 242 g/mol. The molecule has 0 fully saturated rings. The van der Waals surface area contributed by atoms with Crippen LogP contribution in [-0.2, 0) is 11.2 Å². The lowest BCUT2D eigenvalue weighted by Gasteiger charge is -2.07. The van der Waals surface area contributed by atoms with Gasteiger partial charge < -0.3 is 5.11 Å². The summed E-state index contributed by atoms with van der Waals surface area (Å²) in [5.41, 5.74) is -0.962. The van der Waals surface area contributed by atoms with Crippen LogP contribution in [0.2, 0.25) is 5.02 Å². The molecule has 0 radical (unpaired) electrons. The number of alkyl halides is 2. The number of aliphatic carboxylic acids is 1. The Bertz CT molecular complexity index is 471. The minimum Gasteiger partial charge on any atom is -0.481 e. The van der Waals surface area contributed by atoms with Crippen molar-refractivity contribution in [2.75, 3.05) is 0 Å². The first-order valence-corrected chi connectivity index (χ1v) is 4.42. The van der Waals surface area contributed by atoms with Gasteiger partial charge in [0.25, 0.3) is 6.43 Å². The van der Waals surface area contributed by atoms with Crippen LogP contribution in [0.25, 0.3) is 0 Å². The molecule has 1 N–H and O–H groups in total.